The minimum Gasteiger partial charge on any atom is -0.493 e. The summed E-state index contributed by atoms with van der Waals surface area (Å²) in [4.78, 5) is 25.2. The second kappa shape index (κ2) is 7.06. The number of hydrogen-bond acceptors (Lipinski definition) is 7. The highest BCUT2D eigenvalue weighted by molar-refractivity contribution is 6.01. The first-order valence-electron chi connectivity index (χ1n) is 8.58. The third kappa shape index (κ3) is 3.46. The summed E-state index contributed by atoms with van der Waals surface area (Å²) in [5.74, 6) is 1.57. The van der Waals surface area contributed by atoms with Gasteiger partial charge in [0.15, 0.2) is 11.5 Å². The van der Waals surface area contributed by atoms with Crippen molar-refractivity contribution < 1.29 is 14.3 Å². The molecule has 27 heavy (non-hydrogen) atoms. The van der Waals surface area contributed by atoms with E-state index in [0.717, 1.165) is 18.2 Å². The number of carbonyl (C=O) groups is 1. The third-order valence-electron chi connectivity index (χ3n) is 4.37. The summed E-state index contributed by atoms with van der Waals surface area (Å²) in [5.41, 5.74) is 1.79. The van der Waals surface area contributed by atoms with Crippen molar-refractivity contribution in [2.24, 2.45) is 0 Å². The van der Waals surface area contributed by atoms with Crippen molar-refractivity contribution in [3.05, 3.63) is 42.5 Å². The summed E-state index contributed by atoms with van der Waals surface area (Å²) >= 11 is 0. The molecule has 4 rings (SSSR count). The average molecular weight is 365 g/mol. The van der Waals surface area contributed by atoms with Crippen LogP contribution in [0, 0.1) is 0 Å². The summed E-state index contributed by atoms with van der Waals surface area (Å²) in [7, 11) is 3.15. The van der Waals surface area contributed by atoms with Crippen LogP contribution in [0.25, 0.3) is 10.9 Å². The number of fused-ring (bicyclic) bond motifs is 1. The molecule has 0 spiro atoms. The lowest BCUT2D eigenvalue weighted by molar-refractivity contribution is 0.0951. The van der Waals surface area contributed by atoms with Gasteiger partial charge in [0.05, 0.1) is 31.0 Å². The number of carbonyl (C=O) groups excluding carboxylic acids is 1. The van der Waals surface area contributed by atoms with E-state index in [4.69, 9.17) is 9.47 Å². The smallest absolute Gasteiger partial charge is 0.255 e. The number of nitrogens with one attached hydrogen (secondary N) is 2. The van der Waals surface area contributed by atoms with E-state index in [0.29, 0.717) is 34.1 Å². The van der Waals surface area contributed by atoms with E-state index in [1.54, 1.807) is 38.7 Å². The molecule has 0 atom stereocenters. The van der Waals surface area contributed by atoms with Crippen LogP contribution in [0.4, 0.5) is 11.5 Å². The maximum absolute atomic E-state index is 12.5. The molecule has 8 heteroatoms. The fraction of sp³-hybridized carbons (Fsp3) is 0.263. The van der Waals surface area contributed by atoms with Gasteiger partial charge in [-0.05, 0) is 25.0 Å². The zero-order valence-corrected chi connectivity index (χ0v) is 15.0. The maximum atomic E-state index is 12.5. The molecule has 0 aliphatic heterocycles. The van der Waals surface area contributed by atoms with Crippen LogP contribution >= 0.6 is 0 Å². The number of hydrogen-bond donors (Lipinski definition) is 2. The molecular formula is C19H19N5O3. The minimum absolute atomic E-state index is 0.147. The van der Waals surface area contributed by atoms with Crippen molar-refractivity contribution in [2.45, 2.75) is 18.9 Å². The van der Waals surface area contributed by atoms with Gasteiger partial charge < -0.3 is 20.1 Å². The second-order valence-electron chi connectivity index (χ2n) is 6.24. The fourth-order valence-corrected chi connectivity index (χ4v) is 2.79. The van der Waals surface area contributed by atoms with Crippen molar-refractivity contribution >= 4 is 28.3 Å². The predicted molar refractivity (Wildman–Crippen MR) is 101 cm³/mol. The summed E-state index contributed by atoms with van der Waals surface area (Å²) in [6.07, 6.45) is 6.68. The number of ether oxygens (including phenoxy) is 2. The van der Waals surface area contributed by atoms with Crippen LogP contribution in [-0.2, 0) is 0 Å². The zero-order valence-electron chi connectivity index (χ0n) is 15.0. The molecule has 0 unspecified atom stereocenters. The Balaban J connectivity index is 1.72. The Morgan fingerprint density at radius 1 is 1.15 bits per heavy atom. The molecule has 0 radical (unpaired) electrons. The molecule has 1 saturated carbocycles. The monoisotopic (exact) mass is 365 g/mol. The lowest BCUT2D eigenvalue weighted by Gasteiger charge is -2.14. The molecule has 2 aromatic heterocycles. The number of pyridine rings is 1. The molecule has 3 aromatic rings. The fourth-order valence-electron chi connectivity index (χ4n) is 2.79. The lowest BCUT2D eigenvalue weighted by Crippen LogP contribution is -2.26. The topological polar surface area (TPSA) is 98.3 Å². The van der Waals surface area contributed by atoms with Gasteiger partial charge in [0, 0.05) is 29.9 Å². The van der Waals surface area contributed by atoms with Crippen molar-refractivity contribution in [3.8, 4) is 11.5 Å². The Hall–Kier alpha value is -3.42. The molecule has 1 aromatic carbocycles. The van der Waals surface area contributed by atoms with Crippen molar-refractivity contribution in [3.63, 3.8) is 0 Å². The molecular weight excluding hydrogens is 346 g/mol. The van der Waals surface area contributed by atoms with Crippen LogP contribution in [0.2, 0.25) is 0 Å². The van der Waals surface area contributed by atoms with Crippen LogP contribution in [0.5, 0.6) is 11.5 Å². The van der Waals surface area contributed by atoms with E-state index in [1.165, 1.54) is 6.33 Å². The number of methoxy groups -OCH3 is 2. The van der Waals surface area contributed by atoms with Gasteiger partial charge in [-0.3, -0.25) is 9.78 Å². The van der Waals surface area contributed by atoms with E-state index in [1.807, 2.05) is 6.07 Å². The van der Waals surface area contributed by atoms with Gasteiger partial charge in [0.1, 0.15) is 12.1 Å². The van der Waals surface area contributed by atoms with Crippen LogP contribution < -0.4 is 20.1 Å². The quantitative estimate of drug-likeness (QED) is 0.693. The predicted octanol–water partition coefficient (Wildman–Crippen LogP) is 2.68. The third-order valence-corrected chi connectivity index (χ3v) is 4.37. The number of nitrogens with zero attached hydrogens (tertiary/aromatic N) is 3. The van der Waals surface area contributed by atoms with E-state index < -0.39 is 0 Å². The Kier molecular flexibility index (Phi) is 4.45. The first-order valence-corrected chi connectivity index (χ1v) is 8.58. The van der Waals surface area contributed by atoms with Gasteiger partial charge in [-0.25, -0.2) is 9.97 Å². The van der Waals surface area contributed by atoms with Gasteiger partial charge in [0.25, 0.3) is 5.91 Å². The highest BCUT2D eigenvalue weighted by Gasteiger charge is 2.25. The maximum Gasteiger partial charge on any atom is 0.255 e. The minimum atomic E-state index is -0.147. The highest BCUT2D eigenvalue weighted by Crippen LogP contribution is 2.34. The number of benzene rings is 1. The van der Waals surface area contributed by atoms with Crippen LogP contribution in [0.15, 0.2) is 36.9 Å². The van der Waals surface area contributed by atoms with E-state index >= 15 is 0 Å². The van der Waals surface area contributed by atoms with E-state index in [9.17, 15) is 4.79 Å². The van der Waals surface area contributed by atoms with Gasteiger partial charge in [0.2, 0.25) is 0 Å². The number of anilines is 2. The van der Waals surface area contributed by atoms with Crippen molar-refractivity contribution in [1.82, 2.24) is 20.3 Å². The Morgan fingerprint density at radius 3 is 2.67 bits per heavy atom. The molecule has 1 aliphatic carbocycles. The number of rotatable bonds is 6. The number of aromatic nitrogens is 3. The molecule has 1 aliphatic rings. The van der Waals surface area contributed by atoms with Gasteiger partial charge >= 0.3 is 0 Å². The Bertz CT molecular complexity index is 1000. The standard InChI is InChI=1S/C19H19N5O3/c1-26-16-7-12-15(8-17(16)27-2)21-10-22-18(12)24-14-5-6-20-9-13(14)19(25)23-11-3-4-11/h5-11H,3-4H2,1-2H3,(H,23,25)(H,20,21,22,24). The average Bonchev–Trinajstić information content (AvgIpc) is 3.51. The summed E-state index contributed by atoms with van der Waals surface area (Å²) in [6, 6.07) is 5.61. The SMILES string of the molecule is COc1cc2ncnc(Nc3ccncc3C(=O)NC3CC3)c2cc1OC. The van der Waals surface area contributed by atoms with Crippen molar-refractivity contribution in [1.29, 1.82) is 0 Å². The molecule has 2 heterocycles. The van der Waals surface area contributed by atoms with Crippen LogP contribution in [-0.4, -0.2) is 41.1 Å². The first-order chi connectivity index (χ1) is 13.2. The van der Waals surface area contributed by atoms with E-state index in [-0.39, 0.29) is 11.9 Å². The zero-order chi connectivity index (χ0) is 18.8. The summed E-state index contributed by atoms with van der Waals surface area (Å²) in [6.45, 7) is 0. The molecule has 1 amide bonds. The lowest BCUT2D eigenvalue weighted by atomic mass is 10.2. The molecule has 2 N–H and O–H groups in total. The first kappa shape index (κ1) is 17.0. The second-order valence-corrected chi connectivity index (χ2v) is 6.24. The van der Waals surface area contributed by atoms with Gasteiger partial charge in [-0.15, -0.1) is 0 Å². The van der Waals surface area contributed by atoms with Gasteiger partial charge in [-0.2, -0.15) is 0 Å². The van der Waals surface area contributed by atoms with Crippen LogP contribution in [0.1, 0.15) is 23.2 Å². The van der Waals surface area contributed by atoms with Crippen LogP contribution in [0.3, 0.4) is 0 Å². The molecule has 0 saturated heterocycles. The van der Waals surface area contributed by atoms with Gasteiger partial charge in [-0.1, -0.05) is 0 Å². The molecule has 0 bridgehead atoms. The largest absolute Gasteiger partial charge is 0.493 e. The molecule has 1 fully saturated rings. The normalized spacial score (nSPS) is 13.3. The Morgan fingerprint density at radius 2 is 1.93 bits per heavy atom. The Labute approximate surface area is 156 Å². The summed E-state index contributed by atoms with van der Waals surface area (Å²) < 4.78 is 10.7. The van der Waals surface area contributed by atoms with E-state index in [2.05, 4.69) is 25.6 Å². The number of amides is 1. The summed E-state index contributed by atoms with van der Waals surface area (Å²) in [5, 5.41) is 6.96. The molecule has 138 valence electrons. The molecule has 8 nitrogen and oxygen atoms in total. The highest BCUT2D eigenvalue weighted by atomic mass is 16.5. The van der Waals surface area contributed by atoms with Crippen molar-refractivity contribution in [2.75, 3.05) is 19.5 Å².